The van der Waals surface area contributed by atoms with Gasteiger partial charge in [0, 0.05) is 25.7 Å². The molecule has 1 aliphatic rings. The van der Waals surface area contributed by atoms with Crippen molar-refractivity contribution in [3.63, 3.8) is 0 Å². The monoisotopic (exact) mass is 407 g/mol. The van der Waals surface area contributed by atoms with Gasteiger partial charge in [-0.25, -0.2) is 22.0 Å². The van der Waals surface area contributed by atoms with Crippen molar-refractivity contribution in [3.8, 4) is 0 Å². The van der Waals surface area contributed by atoms with E-state index in [2.05, 4.69) is 16.0 Å². The average molecular weight is 407 g/mol. The maximum Gasteiger partial charge on any atom is 0.257 e. The highest BCUT2D eigenvalue weighted by Gasteiger charge is 2.29. The predicted molar refractivity (Wildman–Crippen MR) is 95.5 cm³/mol. The second kappa shape index (κ2) is 11.3. The van der Waals surface area contributed by atoms with Crippen LogP contribution < -0.4 is 16.0 Å². The van der Waals surface area contributed by atoms with Gasteiger partial charge in [-0.1, -0.05) is 19.3 Å². The molecule has 0 heterocycles. The van der Waals surface area contributed by atoms with E-state index in [1.54, 1.807) is 0 Å². The molecule has 1 aliphatic carbocycles. The van der Waals surface area contributed by atoms with Crippen molar-refractivity contribution in [3.05, 3.63) is 34.6 Å². The lowest BCUT2D eigenvalue weighted by atomic mass is 9.95. The van der Waals surface area contributed by atoms with E-state index in [1.807, 2.05) is 0 Å². The number of halogens is 5. The highest BCUT2D eigenvalue weighted by molar-refractivity contribution is 5.94. The van der Waals surface area contributed by atoms with Crippen LogP contribution >= 0.6 is 0 Å². The first-order valence-corrected chi connectivity index (χ1v) is 9.67. The van der Waals surface area contributed by atoms with Crippen LogP contribution in [0.15, 0.2) is 0 Å². The van der Waals surface area contributed by atoms with Crippen molar-refractivity contribution in [2.75, 3.05) is 26.2 Å². The number of carbonyl (C=O) groups excluding carboxylic acids is 1. The number of nitrogens with one attached hydrogen (secondary N) is 3. The number of benzene rings is 1. The highest BCUT2D eigenvalue weighted by atomic mass is 19.2. The molecule has 3 N–H and O–H groups in total. The first-order chi connectivity index (χ1) is 13.4. The molecular weight excluding hydrogens is 381 g/mol. The molecule has 158 valence electrons. The van der Waals surface area contributed by atoms with E-state index in [0.717, 1.165) is 13.1 Å². The van der Waals surface area contributed by atoms with Gasteiger partial charge in [0.25, 0.3) is 5.91 Å². The first kappa shape index (κ1) is 22.5. The minimum atomic E-state index is -2.28. The molecule has 0 unspecified atom stereocenters. The standard InChI is InChI=1S/C19H26F5N3O/c20-14-13(15(21)17(23)18(24)16(14)22)19(28)27-9-5-4-8-25-10-11-26-12-6-2-1-3-7-12/h12,25-26H,1-11H2,(H,27,28). The summed E-state index contributed by atoms with van der Waals surface area (Å²) in [5.41, 5.74) is -1.46. The molecule has 0 radical (unpaired) electrons. The molecule has 0 aliphatic heterocycles. The Kier molecular flexibility index (Phi) is 9.11. The molecule has 1 fully saturated rings. The topological polar surface area (TPSA) is 53.2 Å². The van der Waals surface area contributed by atoms with Gasteiger partial charge in [0.2, 0.25) is 5.82 Å². The summed E-state index contributed by atoms with van der Waals surface area (Å²) in [6, 6.07) is 0.604. The van der Waals surface area contributed by atoms with Gasteiger partial charge in [0.05, 0.1) is 0 Å². The van der Waals surface area contributed by atoms with Gasteiger partial charge in [0.15, 0.2) is 23.3 Å². The molecule has 0 aromatic heterocycles. The maximum atomic E-state index is 13.5. The van der Waals surface area contributed by atoms with Crippen LogP contribution in [0.3, 0.4) is 0 Å². The Balaban J connectivity index is 1.60. The molecule has 0 saturated heterocycles. The minimum absolute atomic E-state index is 0.0698. The zero-order valence-corrected chi connectivity index (χ0v) is 15.7. The maximum absolute atomic E-state index is 13.5. The van der Waals surface area contributed by atoms with E-state index in [1.165, 1.54) is 32.1 Å². The molecule has 0 spiro atoms. The van der Waals surface area contributed by atoms with Gasteiger partial charge >= 0.3 is 0 Å². The molecule has 2 rings (SSSR count). The van der Waals surface area contributed by atoms with Gasteiger partial charge < -0.3 is 16.0 Å². The number of hydrogen-bond donors (Lipinski definition) is 3. The van der Waals surface area contributed by atoms with E-state index in [9.17, 15) is 26.7 Å². The van der Waals surface area contributed by atoms with Crippen molar-refractivity contribution in [1.29, 1.82) is 0 Å². The van der Waals surface area contributed by atoms with Crippen molar-refractivity contribution < 1.29 is 26.7 Å². The van der Waals surface area contributed by atoms with E-state index in [0.29, 0.717) is 25.4 Å². The Labute approximate surface area is 161 Å². The lowest BCUT2D eigenvalue weighted by Crippen LogP contribution is -2.36. The van der Waals surface area contributed by atoms with Gasteiger partial charge in [0.1, 0.15) is 5.56 Å². The van der Waals surface area contributed by atoms with Gasteiger partial charge in [-0.05, 0) is 32.2 Å². The molecule has 1 amide bonds. The van der Waals surface area contributed by atoms with Crippen LogP contribution in [-0.4, -0.2) is 38.1 Å². The summed E-state index contributed by atoms with van der Waals surface area (Å²) in [5, 5.41) is 8.93. The normalized spacial score (nSPS) is 15.0. The minimum Gasteiger partial charge on any atom is -0.352 e. The predicted octanol–water partition coefficient (Wildman–Crippen LogP) is 3.40. The SMILES string of the molecule is O=C(NCCCCNCCNC1CCCCC1)c1c(F)c(F)c(F)c(F)c1F. The summed E-state index contributed by atoms with van der Waals surface area (Å²) >= 11 is 0. The molecule has 1 aromatic carbocycles. The molecule has 4 nitrogen and oxygen atoms in total. The molecule has 1 aromatic rings. The largest absolute Gasteiger partial charge is 0.352 e. The fourth-order valence-electron chi connectivity index (χ4n) is 3.27. The number of unbranched alkanes of at least 4 members (excludes halogenated alkanes) is 1. The van der Waals surface area contributed by atoms with Crippen molar-refractivity contribution >= 4 is 5.91 Å². The van der Waals surface area contributed by atoms with Crippen LogP contribution in [0.4, 0.5) is 22.0 Å². The fraction of sp³-hybridized carbons (Fsp3) is 0.632. The third-order valence-corrected chi connectivity index (χ3v) is 4.84. The lowest BCUT2D eigenvalue weighted by Gasteiger charge is -2.22. The van der Waals surface area contributed by atoms with E-state index in [-0.39, 0.29) is 6.54 Å². The third-order valence-electron chi connectivity index (χ3n) is 4.84. The number of carbonyl (C=O) groups is 1. The van der Waals surface area contributed by atoms with Crippen LogP contribution in [0, 0.1) is 29.1 Å². The zero-order chi connectivity index (χ0) is 20.5. The van der Waals surface area contributed by atoms with Crippen LogP contribution in [-0.2, 0) is 0 Å². The highest BCUT2D eigenvalue weighted by Crippen LogP contribution is 2.22. The van der Waals surface area contributed by atoms with Crippen molar-refractivity contribution in [1.82, 2.24) is 16.0 Å². The molecular formula is C19H26F5N3O. The Morgan fingerprint density at radius 3 is 1.96 bits per heavy atom. The van der Waals surface area contributed by atoms with E-state index < -0.39 is 40.6 Å². The van der Waals surface area contributed by atoms with Gasteiger partial charge in [-0.2, -0.15) is 0 Å². The second-order valence-corrected chi connectivity index (χ2v) is 6.95. The number of rotatable bonds is 10. The molecule has 0 bridgehead atoms. The number of amides is 1. The lowest BCUT2D eigenvalue weighted by molar-refractivity contribution is 0.0941. The quantitative estimate of drug-likeness (QED) is 0.241. The second-order valence-electron chi connectivity index (χ2n) is 6.95. The average Bonchev–Trinajstić information content (AvgIpc) is 2.70. The Morgan fingerprint density at radius 1 is 0.750 bits per heavy atom. The molecule has 1 saturated carbocycles. The third kappa shape index (κ3) is 6.13. The summed E-state index contributed by atoms with van der Waals surface area (Å²) in [4.78, 5) is 11.8. The smallest absolute Gasteiger partial charge is 0.257 e. The number of hydrogen-bond acceptors (Lipinski definition) is 3. The molecule has 0 atom stereocenters. The van der Waals surface area contributed by atoms with E-state index >= 15 is 0 Å². The fourth-order valence-corrected chi connectivity index (χ4v) is 3.27. The zero-order valence-electron chi connectivity index (χ0n) is 15.7. The van der Waals surface area contributed by atoms with Gasteiger partial charge in [-0.3, -0.25) is 4.79 Å². The Morgan fingerprint density at radius 2 is 1.32 bits per heavy atom. The van der Waals surface area contributed by atoms with Crippen molar-refractivity contribution in [2.45, 2.75) is 51.0 Å². The van der Waals surface area contributed by atoms with Crippen LogP contribution in [0.25, 0.3) is 0 Å². The summed E-state index contributed by atoms with van der Waals surface area (Å²) < 4.78 is 66.3. The first-order valence-electron chi connectivity index (χ1n) is 9.67. The molecule has 9 heteroatoms. The Bertz CT molecular complexity index is 636. The van der Waals surface area contributed by atoms with Crippen LogP contribution in [0.5, 0.6) is 0 Å². The summed E-state index contributed by atoms with van der Waals surface area (Å²) in [7, 11) is 0. The van der Waals surface area contributed by atoms with Crippen molar-refractivity contribution in [2.24, 2.45) is 0 Å². The van der Waals surface area contributed by atoms with Gasteiger partial charge in [-0.15, -0.1) is 0 Å². The Hall–Kier alpha value is -1.74. The summed E-state index contributed by atoms with van der Waals surface area (Å²) in [6.45, 7) is 2.46. The van der Waals surface area contributed by atoms with Crippen LogP contribution in [0.1, 0.15) is 55.3 Å². The summed E-state index contributed by atoms with van der Waals surface area (Å²) in [6.07, 6.45) is 7.53. The van der Waals surface area contributed by atoms with Crippen LogP contribution in [0.2, 0.25) is 0 Å². The van der Waals surface area contributed by atoms with E-state index in [4.69, 9.17) is 0 Å². The summed E-state index contributed by atoms with van der Waals surface area (Å²) in [5.74, 6) is -12.1. The molecule has 28 heavy (non-hydrogen) atoms.